The first-order valence-corrected chi connectivity index (χ1v) is 12.3. The summed E-state index contributed by atoms with van der Waals surface area (Å²) in [6, 6.07) is 10.4. The number of benzene rings is 1. The quantitative estimate of drug-likeness (QED) is 0.332. The number of nitrogens with zero attached hydrogens (tertiary/aromatic N) is 4. The number of nitriles is 1. The van der Waals surface area contributed by atoms with Crippen molar-refractivity contribution in [1.29, 1.82) is 5.26 Å². The third-order valence-electron chi connectivity index (χ3n) is 5.71. The lowest BCUT2D eigenvalue weighted by Gasteiger charge is -2.12. The van der Waals surface area contributed by atoms with E-state index in [4.69, 9.17) is 9.68 Å². The molecule has 0 aliphatic heterocycles. The van der Waals surface area contributed by atoms with Crippen LogP contribution in [0.15, 0.2) is 34.7 Å². The first kappa shape index (κ1) is 23.6. The average Bonchev–Trinajstić information content (AvgIpc) is 3.15. The monoisotopic (exact) mass is 518 g/mol. The molecule has 1 aliphatic carbocycles. The van der Waals surface area contributed by atoms with Crippen molar-refractivity contribution in [3.05, 3.63) is 52.0 Å². The summed E-state index contributed by atoms with van der Waals surface area (Å²) in [7, 11) is 0. The van der Waals surface area contributed by atoms with E-state index in [1.807, 2.05) is 6.07 Å². The Bertz CT molecular complexity index is 1450. The molecule has 3 aromatic heterocycles. The largest absolute Gasteiger partial charge is 0.424 e. The molecule has 0 spiro atoms. The summed E-state index contributed by atoms with van der Waals surface area (Å²) in [5, 5.41) is 27.2. The maximum absolute atomic E-state index is 12.8. The highest BCUT2D eigenvalue weighted by atomic mass is 32.1. The lowest BCUT2D eigenvalue weighted by atomic mass is 10.00. The maximum atomic E-state index is 12.8. The van der Waals surface area contributed by atoms with Crippen LogP contribution in [-0.4, -0.2) is 32.2 Å². The summed E-state index contributed by atoms with van der Waals surface area (Å²) in [4.78, 5) is 17.2. The first-order valence-electron chi connectivity index (χ1n) is 10.6. The number of ketones is 1. The molecule has 0 amide bonds. The Labute approximate surface area is 204 Å². The van der Waals surface area contributed by atoms with Gasteiger partial charge < -0.3 is 9.52 Å². The van der Waals surface area contributed by atoms with Crippen molar-refractivity contribution in [2.45, 2.75) is 44.4 Å². The van der Waals surface area contributed by atoms with E-state index in [0.29, 0.717) is 15.8 Å². The number of fused-ring (bicyclic) bond motifs is 1. The van der Waals surface area contributed by atoms with Crippen molar-refractivity contribution in [3.63, 3.8) is 0 Å². The molecule has 0 bridgehead atoms. The number of carbonyl (C=O) groups is 1. The molecule has 1 atom stereocenters. The molecule has 5 rings (SSSR count). The second-order valence-corrected chi connectivity index (χ2v) is 10.7. The van der Waals surface area contributed by atoms with E-state index in [-0.39, 0.29) is 35.8 Å². The number of aromatic nitrogens is 3. The van der Waals surface area contributed by atoms with E-state index in [9.17, 15) is 23.1 Å². The third kappa shape index (κ3) is 5.12. The van der Waals surface area contributed by atoms with E-state index in [0.717, 1.165) is 40.0 Å². The molecule has 35 heavy (non-hydrogen) atoms. The number of carbonyl (C=O) groups excluding carboxylic acids is 1. The van der Waals surface area contributed by atoms with Gasteiger partial charge in [-0.2, -0.15) is 18.4 Å². The molecule has 12 heteroatoms. The summed E-state index contributed by atoms with van der Waals surface area (Å²) in [6.45, 7) is 0. The highest BCUT2D eigenvalue weighted by molar-refractivity contribution is 7.18. The molecular formula is C23H17F3N4O3S2. The molecule has 1 aromatic carbocycles. The molecule has 1 saturated carbocycles. The lowest BCUT2D eigenvalue weighted by Crippen LogP contribution is -2.18. The van der Waals surface area contributed by atoms with Crippen LogP contribution in [0.4, 0.5) is 13.2 Å². The summed E-state index contributed by atoms with van der Waals surface area (Å²) >= 11 is 2.28. The van der Waals surface area contributed by atoms with Crippen LogP contribution < -0.4 is 0 Å². The highest BCUT2D eigenvalue weighted by Crippen LogP contribution is 2.48. The number of thiazole rings is 1. The normalized spacial score (nSPS) is 15.7. The standard InChI is InChI=1S/C23H17F3N4O3S2/c24-23(25,26)21(32)16-4-3-15(34-16)12-1-2-14-17(7-12)35-20(28-14)9-19-30-29-18(33-19)8-13(31)10-22(11-27)5-6-22/h1-4,7,21,32H,5-6,8-10H2. The Balaban J connectivity index is 1.27. The summed E-state index contributed by atoms with van der Waals surface area (Å²) in [5.41, 5.74) is 0.938. The predicted octanol–water partition coefficient (Wildman–Crippen LogP) is 5.40. The maximum Gasteiger partial charge on any atom is 0.419 e. The van der Waals surface area contributed by atoms with Crippen molar-refractivity contribution in [2.24, 2.45) is 5.41 Å². The number of aliphatic hydroxyl groups is 1. The summed E-state index contributed by atoms with van der Waals surface area (Å²) in [5.74, 6) is 0.417. The van der Waals surface area contributed by atoms with Crippen LogP contribution in [0.2, 0.25) is 0 Å². The summed E-state index contributed by atoms with van der Waals surface area (Å²) < 4.78 is 44.8. The Morgan fingerprint density at radius 2 is 1.97 bits per heavy atom. The van der Waals surface area contributed by atoms with E-state index in [1.165, 1.54) is 17.4 Å². The molecule has 1 N–H and O–H groups in total. The molecular weight excluding hydrogens is 501 g/mol. The van der Waals surface area contributed by atoms with Crippen LogP contribution in [-0.2, 0) is 17.6 Å². The van der Waals surface area contributed by atoms with Gasteiger partial charge in [0.2, 0.25) is 11.8 Å². The van der Waals surface area contributed by atoms with Crippen LogP contribution >= 0.6 is 22.7 Å². The van der Waals surface area contributed by atoms with Gasteiger partial charge in [0.1, 0.15) is 10.8 Å². The molecule has 4 aromatic rings. The van der Waals surface area contributed by atoms with Crippen LogP contribution in [0.5, 0.6) is 0 Å². The van der Waals surface area contributed by atoms with Crippen molar-refractivity contribution in [3.8, 4) is 16.5 Å². The number of hydrogen-bond acceptors (Lipinski definition) is 9. The fourth-order valence-corrected chi connectivity index (χ4v) is 5.68. The molecule has 0 saturated heterocycles. The van der Waals surface area contributed by atoms with E-state index < -0.39 is 17.7 Å². The molecule has 1 fully saturated rings. The minimum atomic E-state index is -4.71. The minimum Gasteiger partial charge on any atom is -0.424 e. The third-order valence-corrected chi connectivity index (χ3v) is 7.91. The van der Waals surface area contributed by atoms with Gasteiger partial charge >= 0.3 is 6.18 Å². The number of halogens is 3. The number of rotatable bonds is 8. The SMILES string of the molecule is N#CC1(CC(=O)Cc2nnc(Cc3nc4ccc(-c5ccc(C(O)C(F)(F)F)s5)cc4s3)o2)CC1. The zero-order valence-electron chi connectivity index (χ0n) is 18.0. The first-order chi connectivity index (χ1) is 16.6. The van der Waals surface area contributed by atoms with Crippen LogP contribution in [0.3, 0.4) is 0 Å². The van der Waals surface area contributed by atoms with E-state index in [1.54, 1.807) is 18.2 Å². The molecule has 0 radical (unpaired) electrons. The van der Waals surface area contributed by atoms with Gasteiger partial charge in [-0.15, -0.1) is 32.9 Å². The summed E-state index contributed by atoms with van der Waals surface area (Å²) in [6.07, 6.45) is -5.26. The molecule has 3 heterocycles. The van der Waals surface area contributed by atoms with Gasteiger partial charge in [-0.3, -0.25) is 4.79 Å². The predicted molar refractivity (Wildman–Crippen MR) is 122 cm³/mol. The number of thiophene rings is 1. The zero-order chi connectivity index (χ0) is 24.8. The van der Waals surface area contributed by atoms with Gasteiger partial charge in [0.25, 0.3) is 0 Å². The Morgan fingerprint density at radius 1 is 1.20 bits per heavy atom. The molecule has 1 aliphatic rings. The zero-order valence-corrected chi connectivity index (χ0v) is 19.6. The fraction of sp³-hybridized carbons (Fsp3) is 0.348. The van der Waals surface area contributed by atoms with Crippen LogP contribution in [0.25, 0.3) is 20.7 Å². The van der Waals surface area contributed by atoms with Crippen molar-refractivity contribution < 1.29 is 27.5 Å². The highest BCUT2D eigenvalue weighted by Gasteiger charge is 2.44. The van der Waals surface area contributed by atoms with E-state index >= 15 is 0 Å². The lowest BCUT2D eigenvalue weighted by molar-refractivity contribution is -0.205. The van der Waals surface area contributed by atoms with Gasteiger partial charge in [-0.1, -0.05) is 6.07 Å². The van der Waals surface area contributed by atoms with Gasteiger partial charge in [-0.05, 0) is 42.7 Å². The van der Waals surface area contributed by atoms with Gasteiger partial charge in [0, 0.05) is 16.2 Å². The molecule has 1 unspecified atom stereocenters. The number of alkyl halides is 3. The van der Waals surface area contributed by atoms with Gasteiger partial charge in [-0.25, -0.2) is 4.98 Å². The van der Waals surface area contributed by atoms with Crippen molar-refractivity contribution >= 4 is 38.7 Å². The Hall–Kier alpha value is -3.14. The smallest absolute Gasteiger partial charge is 0.419 e. The van der Waals surface area contributed by atoms with Crippen molar-refractivity contribution in [2.75, 3.05) is 0 Å². The van der Waals surface area contributed by atoms with Crippen molar-refractivity contribution in [1.82, 2.24) is 15.2 Å². The number of hydrogen-bond donors (Lipinski definition) is 1. The second-order valence-electron chi connectivity index (χ2n) is 8.49. The topological polar surface area (TPSA) is 113 Å². The minimum absolute atomic E-state index is 0.00846. The number of aliphatic hydroxyl groups excluding tert-OH is 1. The molecule has 7 nitrogen and oxygen atoms in total. The van der Waals surface area contributed by atoms with Crippen LogP contribution in [0.1, 0.15) is 47.0 Å². The van der Waals surface area contributed by atoms with Crippen LogP contribution in [0, 0.1) is 16.7 Å². The number of Topliss-reactive ketones (excluding diaryl/α,β-unsaturated/α-hetero) is 1. The average molecular weight is 519 g/mol. The second kappa shape index (κ2) is 8.82. The fourth-order valence-electron chi connectivity index (χ4n) is 3.67. The van der Waals surface area contributed by atoms with Gasteiger partial charge in [0.05, 0.1) is 34.5 Å². The van der Waals surface area contributed by atoms with Gasteiger partial charge in [0.15, 0.2) is 6.10 Å². The Kier molecular flexibility index (Phi) is 5.94. The van der Waals surface area contributed by atoms with E-state index in [2.05, 4.69) is 21.3 Å². The Morgan fingerprint density at radius 3 is 2.69 bits per heavy atom. The molecule has 180 valence electrons.